The Bertz CT molecular complexity index is 419. The first kappa shape index (κ1) is 15.1. The van der Waals surface area contributed by atoms with E-state index in [0.29, 0.717) is 29.6 Å². The summed E-state index contributed by atoms with van der Waals surface area (Å²) < 4.78 is 10.3. The summed E-state index contributed by atoms with van der Waals surface area (Å²) in [6.45, 7) is 4.90. The monoisotopic (exact) mass is 266 g/mol. The maximum absolute atomic E-state index is 11.7. The first-order valence-electron chi connectivity index (χ1n) is 6.33. The van der Waals surface area contributed by atoms with E-state index in [0.717, 1.165) is 6.42 Å². The van der Waals surface area contributed by atoms with Crippen LogP contribution in [0.2, 0.25) is 0 Å². The van der Waals surface area contributed by atoms with Crippen molar-refractivity contribution in [3.05, 3.63) is 18.2 Å². The molecule has 0 radical (unpaired) electrons. The van der Waals surface area contributed by atoms with Crippen molar-refractivity contribution in [2.75, 3.05) is 26.1 Å². The highest BCUT2D eigenvalue weighted by molar-refractivity contribution is 5.89. The lowest BCUT2D eigenvalue weighted by Crippen LogP contribution is -2.30. The fourth-order valence-electron chi connectivity index (χ4n) is 1.56. The van der Waals surface area contributed by atoms with Crippen LogP contribution in [0.4, 0.5) is 10.5 Å². The summed E-state index contributed by atoms with van der Waals surface area (Å²) in [6.07, 6.45) is 0.958. The van der Waals surface area contributed by atoms with Crippen molar-refractivity contribution in [1.82, 2.24) is 5.32 Å². The van der Waals surface area contributed by atoms with E-state index in [-0.39, 0.29) is 6.03 Å². The van der Waals surface area contributed by atoms with Crippen LogP contribution in [0, 0.1) is 5.92 Å². The van der Waals surface area contributed by atoms with Gasteiger partial charge in [0.1, 0.15) is 0 Å². The number of hydrogen-bond acceptors (Lipinski definition) is 3. The molecule has 0 fully saturated rings. The molecule has 0 unspecified atom stereocenters. The molecule has 0 spiro atoms. The van der Waals surface area contributed by atoms with Gasteiger partial charge in [0.2, 0.25) is 0 Å². The van der Waals surface area contributed by atoms with Crippen molar-refractivity contribution in [3.63, 3.8) is 0 Å². The minimum atomic E-state index is -0.215. The number of hydrogen-bond donors (Lipinski definition) is 2. The molecule has 2 amide bonds. The maximum atomic E-state index is 11.7. The topological polar surface area (TPSA) is 59.6 Å². The molecular weight excluding hydrogens is 244 g/mol. The normalized spacial score (nSPS) is 10.2. The van der Waals surface area contributed by atoms with Crippen molar-refractivity contribution in [1.29, 1.82) is 0 Å². The van der Waals surface area contributed by atoms with Crippen LogP contribution in [0.3, 0.4) is 0 Å². The van der Waals surface area contributed by atoms with Gasteiger partial charge >= 0.3 is 6.03 Å². The highest BCUT2D eigenvalue weighted by Crippen LogP contribution is 2.29. The molecular formula is C14H22N2O3. The molecule has 106 valence electrons. The number of amides is 2. The summed E-state index contributed by atoms with van der Waals surface area (Å²) >= 11 is 0. The molecule has 5 heteroatoms. The van der Waals surface area contributed by atoms with Gasteiger partial charge in [0, 0.05) is 18.3 Å². The predicted molar refractivity (Wildman–Crippen MR) is 76.0 cm³/mol. The number of methoxy groups -OCH3 is 2. The van der Waals surface area contributed by atoms with Crippen molar-refractivity contribution < 1.29 is 14.3 Å². The fraction of sp³-hybridized carbons (Fsp3) is 0.500. The molecule has 0 aliphatic carbocycles. The van der Waals surface area contributed by atoms with Crippen molar-refractivity contribution in [3.8, 4) is 11.5 Å². The van der Waals surface area contributed by atoms with Gasteiger partial charge in [0.05, 0.1) is 14.2 Å². The number of carbonyl (C=O) groups excluding carboxylic acids is 1. The average Bonchev–Trinajstić information content (AvgIpc) is 2.38. The second-order valence-corrected chi connectivity index (χ2v) is 4.63. The van der Waals surface area contributed by atoms with E-state index < -0.39 is 0 Å². The number of ether oxygens (including phenoxy) is 2. The third kappa shape index (κ3) is 5.07. The van der Waals surface area contributed by atoms with E-state index in [9.17, 15) is 4.79 Å². The SMILES string of the molecule is COc1ccc(NC(=O)NCCC(C)C)cc1OC. The third-order valence-electron chi connectivity index (χ3n) is 2.65. The second-order valence-electron chi connectivity index (χ2n) is 4.63. The predicted octanol–water partition coefficient (Wildman–Crippen LogP) is 2.87. The van der Waals surface area contributed by atoms with Crippen LogP contribution in [-0.4, -0.2) is 26.8 Å². The van der Waals surface area contributed by atoms with Crippen LogP contribution < -0.4 is 20.1 Å². The summed E-state index contributed by atoms with van der Waals surface area (Å²) in [5, 5.41) is 5.56. The van der Waals surface area contributed by atoms with E-state index in [4.69, 9.17) is 9.47 Å². The molecule has 0 saturated heterocycles. The van der Waals surface area contributed by atoms with Gasteiger partial charge in [-0.05, 0) is 24.5 Å². The molecule has 1 rings (SSSR count). The molecule has 0 atom stereocenters. The van der Waals surface area contributed by atoms with Crippen molar-refractivity contribution >= 4 is 11.7 Å². The van der Waals surface area contributed by atoms with Gasteiger partial charge < -0.3 is 20.1 Å². The Morgan fingerprint density at radius 1 is 1.21 bits per heavy atom. The molecule has 2 N–H and O–H groups in total. The highest BCUT2D eigenvalue weighted by Gasteiger charge is 2.07. The van der Waals surface area contributed by atoms with Gasteiger partial charge in [0.15, 0.2) is 11.5 Å². The van der Waals surface area contributed by atoms with Crippen LogP contribution in [0.1, 0.15) is 20.3 Å². The summed E-state index contributed by atoms with van der Waals surface area (Å²) in [7, 11) is 3.13. The Labute approximate surface area is 114 Å². The Morgan fingerprint density at radius 2 is 1.89 bits per heavy atom. The molecule has 0 aliphatic heterocycles. The van der Waals surface area contributed by atoms with Crippen molar-refractivity contribution in [2.45, 2.75) is 20.3 Å². The van der Waals surface area contributed by atoms with Gasteiger partial charge in [-0.25, -0.2) is 4.79 Å². The number of rotatable bonds is 6. The largest absolute Gasteiger partial charge is 0.493 e. The Kier molecular flexibility index (Phi) is 5.99. The van der Waals surface area contributed by atoms with Crippen LogP contribution in [-0.2, 0) is 0 Å². The molecule has 0 saturated carbocycles. The van der Waals surface area contributed by atoms with Gasteiger partial charge in [-0.15, -0.1) is 0 Å². The van der Waals surface area contributed by atoms with Crippen molar-refractivity contribution in [2.24, 2.45) is 5.92 Å². The zero-order valence-electron chi connectivity index (χ0n) is 11.9. The van der Waals surface area contributed by atoms with Gasteiger partial charge in [-0.3, -0.25) is 0 Å². The highest BCUT2D eigenvalue weighted by atomic mass is 16.5. The van der Waals surface area contributed by atoms with E-state index in [1.54, 1.807) is 32.4 Å². The molecule has 1 aromatic carbocycles. The zero-order chi connectivity index (χ0) is 14.3. The summed E-state index contributed by atoms with van der Waals surface area (Å²) in [4.78, 5) is 11.7. The molecule has 0 bridgehead atoms. The fourth-order valence-corrected chi connectivity index (χ4v) is 1.56. The van der Waals surface area contributed by atoms with Crippen LogP contribution >= 0.6 is 0 Å². The number of urea groups is 1. The molecule has 19 heavy (non-hydrogen) atoms. The number of benzene rings is 1. The van der Waals surface area contributed by atoms with E-state index in [2.05, 4.69) is 24.5 Å². The lowest BCUT2D eigenvalue weighted by Gasteiger charge is -2.11. The summed E-state index contributed by atoms with van der Waals surface area (Å²) in [5.41, 5.74) is 0.666. The first-order chi connectivity index (χ1) is 9.06. The average molecular weight is 266 g/mol. The molecule has 0 aliphatic rings. The van der Waals surface area contributed by atoms with Gasteiger partial charge in [-0.2, -0.15) is 0 Å². The molecule has 1 aromatic rings. The van der Waals surface area contributed by atoms with E-state index in [1.165, 1.54) is 0 Å². The lowest BCUT2D eigenvalue weighted by atomic mass is 10.1. The molecule has 0 aromatic heterocycles. The minimum Gasteiger partial charge on any atom is -0.493 e. The standard InChI is InChI=1S/C14H22N2O3/c1-10(2)7-8-15-14(17)16-11-5-6-12(18-3)13(9-11)19-4/h5-6,9-10H,7-8H2,1-4H3,(H2,15,16,17). The smallest absolute Gasteiger partial charge is 0.319 e. The number of nitrogens with one attached hydrogen (secondary N) is 2. The number of carbonyl (C=O) groups is 1. The van der Waals surface area contributed by atoms with Crippen LogP contribution in [0.15, 0.2) is 18.2 Å². The van der Waals surface area contributed by atoms with Crippen LogP contribution in [0.5, 0.6) is 11.5 Å². The van der Waals surface area contributed by atoms with Gasteiger partial charge in [0.25, 0.3) is 0 Å². The van der Waals surface area contributed by atoms with E-state index >= 15 is 0 Å². The van der Waals surface area contributed by atoms with Crippen LogP contribution in [0.25, 0.3) is 0 Å². The lowest BCUT2D eigenvalue weighted by molar-refractivity contribution is 0.251. The zero-order valence-corrected chi connectivity index (χ0v) is 11.9. The first-order valence-corrected chi connectivity index (χ1v) is 6.33. The van der Waals surface area contributed by atoms with E-state index in [1.807, 2.05) is 0 Å². The Morgan fingerprint density at radius 3 is 2.47 bits per heavy atom. The third-order valence-corrected chi connectivity index (χ3v) is 2.65. The molecule has 0 heterocycles. The van der Waals surface area contributed by atoms with Gasteiger partial charge in [-0.1, -0.05) is 13.8 Å². The second kappa shape index (κ2) is 7.51. The number of anilines is 1. The quantitative estimate of drug-likeness (QED) is 0.832. The Balaban J connectivity index is 2.54. The maximum Gasteiger partial charge on any atom is 0.319 e. The molecule has 5 nitrogen and oxygen atoms in total. The summed E-state index contributed by atoms with van der Waals surface area (Å²) in [6, 6.07) is 5.03. The minimum absolute atomic E-state index is 0.215. The summed E-state index contributed by atoms with van der Waals surface area (Å²) in [5.74, 6) is 1.79. The Hall–Kier alpha value is -1.91.